The SMILES string of the molecule is C/C=C\c1cccc(I)c1C. The van der Waals surface area contributed by atoms with E-state index < -0.39 is 0 Å². The lowest BCUT2D eigenvalue weighted by Gasteiger charge is -2.01. The number of halogens is 1. The summed E-state index contributed by atoms with van der Waals surface area (Å²) in [7, 11) is 0. The summed E-state index contributed by atoms with van der Waals surface area (Å²) >= 11 is 2.36. The van der Waals surface area contributed by atoms with Crippen LogP contribution in [0.25, 0.3) is 6.08 Å². The van der Waals surface area contributed by atoms with E-state index in [9.17, 15) is 0 Å². The Morgan fingerprint density at radius 2 is 2.09 bits per heavy atom. The molecule has 0 nitrogen and oxygen atoms in total. The molecule has 1 heteroatoms. The average Bonchev–Trinajstić information content (AvgIpc) is 1.99. The molecule has 1 aromatic carbocycles. The summed E-state index contributed by atoms with van der Waals surface area (Å²) in [5, 5.41) is 0. The smallest absolute Gasteiger partial charge is 0.0165 e. The standard InChI is InChI=1S/C10H11I/c1-3-5-9-6-4-7-10(11)8(9)2/h3-7H,1-2H3/b5-3-. The molecule has 0 aliphatic carbocycles. The van der Waals surface area contributed by atoms with Gasteiger partial charge < -0.3 is 0 Å². The number of hydrogen-bond acceptors (Lipinski definition) is 0. The van der Waals surface area contributed by atoms with Gasteiger partial charge in [-0.3, -0.25) is 0 Å². The summed E-state index contributed by atoms with van der Waals surface area (Å²) in [5.41, 5.74) is 2.69. The van der Waals surface area contributed by atoms with Crippen molar-refractivity contribution in [2.24, 2.45) is 0 Å². The highest BCUT2D eigenvalue weighted by atomic mass is 127. The van der Waals surface area contributed by atoms with Gasteiger partial charge in [0.05, 0.1) is 0 Å². The lowest BCUT2D eigenvalue weighted by molar-refractivity contribution is 1.40. The Bertz CT molecular complexity index is 274. The van der Waals surface area contributed by atoms with Gasteiger partial charge in [-0.2, -0.15) is 0 Å². The van der Waals surface area contributed by atoms with Gasteiger partial charge in [0.15, 0.2) is 0 Å². The molecule has 0 aliphatic heterocycles. The summed E-state index contributed by atoms with van der Waals surface area (Å²) in [6, 6.07) is 6.35. The normalized spacial score (nSPS) is 10.8. The van der Waals surface area contributed by atoms with E-state index in [0.29, 0.717) is 0 Å². The molecule has 0 aliphatic rings. The Morgan fingerprint density at radius 1 is 1.36 bits per heavy atom. The van der Waals surface area contributed by atoms with Crippen LogP contribution >= 0.6 is 22.6 Å². The highest BCUT2D eigenvalue weighted by Crippen LogP contribution is 2.16. The van der Waals surface area contributed by atoms with E-state index in [4.69, 9.17) is 0 Å². The molecule has 0 fully saturated rings. The van der Waals surface area contributed by atoms with Gasteiger partial charge in [0, 0.05) is 3.57 Å². The van der Waals surface area contributed by atoms with Crippen LogP contribution in [0.1, 0.15) is 18.1 Å². The van der Waals surface area contributed by atoms with Crippen LogP contribution < -0.4 is 0 Å². The first kappa shape index (κ1) is 8.78. The second-order valence-electron chi connectivity index (χ2n) is 2.45. The fourth-order valence-corrected chi connectivity index (χ4v) is 1.50. The third-order valence-electron chi connectivity index (χ3n) is 1.66. The highest BCUT2D eigenvalue weighted by Gasteiger charge is 1.95. The fraction of sp³-hybridized carbons (Fsp3) is 0.200. The van der Waals surface area contributed by atoms with Crippen molar-refractivity contribution < 1.29 is 0 Å². The van der Waals surface area contributed by atoms with Gasteiger partial charge in [-0.1, -0.05) is 24.3 Å². The van der Waals surface area contributed by atoms with Crippen molar-refractivity contribution in [1.29, 1.82) is 0 Å². The Kier molecular flexibility index (Phi) is 3.12. The molecular formula is C10H11I. The molecule has 0 atom stereocenters. The molecule has 0 unspecified atom stereocenters. The lowest BCUT2D eigenvalue weighted by atomic mass is 10.1. The largest absolute Gasteiger partial charge is 0.0871 e. The molecule has 58 valence electrons. The zero-order valence-corrected chi connectivity index (χ0v) is 8.92. The second kappa shape index (κ2) is 3.90. The fourth-order valence-electron chi connectivity index (χ4n) is 0.984. The summed E-state index contributed by atoms with van der Waals surface area (Å²) in [5.74, 6) is 0. The minimum absolute atomic E-state index is 1.32. The molecule has 11 heavy (non-hydrogen) atoms. The first-order chi connectivity index (χ1) is 5.25. The summed E-state index contributed by atoms with van der Waals surface area (Å²) < 4.78 is 1.33. The molecule has 0 aromatic heterocycles. The van der Waals surface area contributed by atoms with Crippen molar-refractivity contribution in [3.8, 4) is 0 Å². The maximum atomic E-state index is 2.36. The van der Waals surface area contributed by atoms with Crippen molar-refractivity contribution >= 4 is 28.7 Å². The van der Waals surface area contributed by atoms with Gasteiger partial charge in [-0.05, 0) is 53.6 Å². The van der Waals surface area contributed by atoms with Crippen LogP contribution in [0.3, 0.4) is 0 Å². The Balaban J connectivity index is 3.16. The van der Waals surface area contributed by atoms with Crippen LogP contribution in [0.2, 0.25) is 0 Å². The van der Waals surface area contributed by atoms with E-state index >= 15 is 0 Å². The highest BCUT2D eigenvalue weighted by molar-refractivity contribution is 14.1. The van der Waals surface area contributed by atoms with Crippen LogP contribution in [-0.2, 0) is 0 Å². The van der Waals surface area contributed by atoms with Gasteiger partial charge in [0.2, 0.25) is 0 Å². The molecule has 1 aromatic rings. The molecule has 0 bridgehead atoms. The van der Waals surface area contributed by atoms with Crippen LogP contribution in [-0.4, -0.2) is 0 Å². The first-order valence-corrected chi connectivity index (χ1v) is 4.71. The molecule has 0 radical (unpaired) electrons. The molecule has 0 spiro atoms. The van der Waals surface area contributed by atoms with Crippen molar-refractivity contribution in [1.82, 2.24) is 0 Å². The average molecular weight is 258 g/mol. The Morgan fingerprint density at radius 3 is 2.73 bits per heavy atom. The maximum Gasteiger partial charge on any atom is 0.0165 e. The zero-order chi connectivity index (χ0) is 8.27. The molecular weight excluding hydrogens is 247 g/mol. The lowest BCUT2D eigenvalue weighted by Crippen LogP contribution is -1.83. The van der Waals surface area contributed by atoms with E-state index in [1.165, 1.54) is 14.7 Å². The van der Waals surface area contributed by atoms with Crippen LogP contribution in [0.4, 0.5) is 0 Å². The zero-order valence-electron chi connectivity index (χ0n) is 6.76. The van der Waals surface area contributed by atoms with Gasteiger partial charge >= 0.3 is 0 Å². The quantitative estimate of drug-likeness (QED) is 0.675. The van der Waals surface area contributed by atoms with Gasteiger partial charge in [-0.15, -0.1) is 0 Å². The molecule has 0 saturated heterocycles. The van der Waals surface area contributed by atoms with E-state index in [2.05, 4.69) is 59.9 Å². The Hall–Kier alpha value is -0.310. The molecule has 0 heterocycles. The van der Waals surface area contributed by atoms with Gasteiger partial charge in [0.1, 0.15) is 0 Å². The summed E-state index contributed by atoms with van der Waals surface area (Å²) in [6.45, 7) is 4.19. The van der Waals surface area contributed by atoms with E-state index in [1.807, 2.05) is 6.92 Å². The third-order valence-corrected chi connectivity index (χ3v) is 2.82. The second-order valence-corrected chi connectivity index (χ2v) is 3.62. The number of hydrogen-bond donors (Lipinski definition) is 0. The van der Waals surface area contributed by atoms with Crippen LogP contribution in [0.5, 0.6) is 0 Å². The van der Waals surface area contributed by atoms with E-state index in [0.717, 1.165) is 0 Å². The van der Waals surface area contributed by atoms with Gasteiger partial charge in [0.25, 0.3) is 0 Å². The van der Waals surface area contributed by atoms with E-state index in [1.54, 1.807) is 0 Å². The minimum Gasteiger partial charge on any atom is -0.0871 e. The predicted octanol–water partition coefficient (Wildman–Crippen LogP) is 3.63. The molecule has 0 N–H and O–H groups in total. The number of allylic oxidation sites excluding steroid dienone is 1. The molecule has 1 rings (SSSR count). The van der Waals surface area contributed by atoms with Crippen molar-refractivity contribution in [2.75, 3.05) is 0 Å². The summed E-state index contributed by atoms with van der Waals surface area (Å²) in [4.78, 5) is 0. The maximum absolute atomic E-state index is 2.36. The minimum atomic E-state index is 1.32. The predicted molar refractivity (Wildman–Crippen MR) is 58.6 cm³/mol. The molecule has 0 saturated carbocycles. The van der Waals surface area contributed by atoms with Gasteiger partial charge in [-0.25, -0.2) is 0 Å². The van der Waals surface area contributed by atoms with Crippen LogP contribution in [0.15, 0.2) is 24.3 Å². The van der Waals surface area contributed by atoms with Crippen molar-refractivity contribution in [2.45, 2.75) is 13.8 Å². The number of benzene rings is 1. The summed E-state index contributed by atoms with van der Waals surface area (Å²) in [6.07, 6.45) is 4.20. The van der Waals surface area contributed by atoms with Crippen molar-refractivity contribution in [3.63, 3.8) is 0 Å². The van der Waals surface area contributed by atoms with Crippen molar-refractivity contribution in [3.05, 3.63) is 39.0 Å². The first-order valence-electron chi connectivity index (χ1n) is 3.63. The van der Waals surface area contributed by atoms with Crippen LogP contribution in [0, 0.1) is 10.5 Å². The number of rotatable bonds is 1. The monoisotopic (exact) mass is 258 g/mol. The Labute approximate surface area is 81.5 Å². The molecule has 0 amide bonds. The van der Waals surface area contributed by atoms with E-state index in [-0.39, 0.29) is 0 Å². The third kappa shape index (κ3) is 2.06. The topological polar surface area (TPSA) is 0 Å².